The van der Waals surface area contributed by atoms with Crippen molar-refractivity contribution in [3.8, 4) is 0 Å². The minimum atomic E-state index is 0.789. The molecule has 112 valence electrons. The molecule has 1 aromatic heterocycles. The van der Waals surface area contributed by atoms with Gasteiger partial charge in [0.2, 0.25) is 0 Å². The molecule has 2 heterocycles. The monoisotopic (exact) mass is 275 g/mol. The lowest BCUT2D eigenvalue weighted by Crippen LogP contribution is -2.35. The van der Waals surface area contributed by atoms with Gasteiger partial charge in [0.15, 0.2) is 0 Å². The van der Waals surface area contributed by atoms with Crippen molar-refractivity contribution in [2.75, 3.05) is 24.5 Å². The van der Waals surface area contributed by atoms with E-state index in [0.29, 0.717) is 0 Å². The maximum Gasteiger partial charge on any atom is 0.129 e. The molecular weight excluding hydrogens is 246 g/mol. The van der Waals surface area contributed by atoms with Gasteiger partial charge in [-0.1, -0.05) is 27.2 Å². The first kappa shape index (κ1) is 15.3. The van der Waals surface area contributed by atoms with Crippen molar-refractivity contribution in [2.24, 2.45) is 5.92 Å². The molecule has 0 aliphatic carbocycles. The molecular formula is C17H29N3. The molecule has 1 saturated heterocycles. The van der Waals surface area contributed by atoms with Crippen LogP contribution < -0.4 is 10.2 Å². The van der Waals surface area contributed by atoms with Crippen LogP contribution in [0.5, 0.6) is 0 Å². The van der Waals surface area contributed by atoms with Crippen LogP contribution in [-0.2, 0) is 13.0 Å². The molecule has 1 fully saturated rings. The van der Waals surface area contributed by atoms with Crippen LogP contribution in [-0.4, -0.2) is 24.6 Å². The number of aromatic nitrogens is 1. The highest BCUT2D eigenvalue weighted by molar-refractivity contribution is 5.43. The third kappa shape index (κ3) is 4.20. The van der Waals surface area contributed by atoms with Crippen LogP contribution in [0.3, 0.4) is 0 Å². The molecule has 1 aliphatic heterocycles. The largest absolute Gasteiger partial charge is 0.356 e. The molecule has 0 spiro atoms. The smallest absolute Gasteiger partial charge is 0.129 e. The predicted molar refractivity (Wildman–Crippen MR) is 86.2 cm³/mol. The number of anilines is 1. The van der Waals surface area contributed by atoms with Crippen LogP contribution in [0.4, 0.5) is 5.82 Å². The highest BCUT2D eigenvalue weighted by atomic mass is 15.2. The summed E-state index contributed by atoms with van der Waals surface area (Å²) >= 11 is 0. The highest BCUT2D eigenvalue weighted by Gasteiger charge is 2.18. The van der Waals surface area contributed by atoms with Gasteiger partial charge < -0.3 is 10.2 Å². The van der Waals surface area contributed by atoms with Crippen molar-refractivity contribution in [3.05, 3.63) is 23.4 Å². The van der Waals surface area contributed by atoms with E-state index < -0.39 is 0 Å². The zero-order chi connectivity index (χ0) is 14.4. The fraction of sp³-hybridized carbons (Fsp3) is 0.706. The molecule has 0 radical (unpaired) electrons. The second-order valence-electron chi connectivity index (χ2n) is 6.05. The van der Waals surface area contributed by atoms with Gasteiger partial charge in [0, 0.05) is 25.3 Å². The maximum atomic E-state index is 4.89. The Balaban J connectivity index is 2.18. The predicted octanol–water partition coefficient (Wildman–Crippen LogP) is 3.38. The number of nitrogens with one attached hydrogen (secondary N) is 1. The van der Waals surface area contributed by atoms with Crippen LogP contribution in [0.2, 0.25) is 0 Å². The van der Waals surface area contributed by atoms with Crippen LogP contribution >= 0.6 is 0 Å². The van der Waals surface area contributed by atoms with E-state index in [4.69, 9.17) is 4.98 Å². The first-order chi connectivity index (χ1) is 9.72. The maximum absolute atomic E-state index is 4.89. The summed E-state index contributed by atoms with van der Waals surface area (Å²) in [5.41, 5.74) is 2.62. The van der Waals surface area contributed by atoms with Crippen molar-refractivity contribution >= 4 is 5.82 Å². The van der Waals surface area contributed by atoms with E-state index in [1.165, 1.54) is 29.9 Å². The third-order valence-corrected chi connectivity index (χ3v) is 3.99. The Morgan fingerprint density at radius 2 is 2.20 bits per heavy atom. The second-order valence-corrected chi connectivity index (χ2v) is 6.05. The van der Waals surface area contributed by atoms with Gasteiger partial charge in [-0.25, -0.2) is 4.98 Å². The van der Waals surface area contributed by atoms with E-state index in [1.807, 2.05) is 0 Å². The summed E-state index contributed by atoms with van der Waals surface area (Å²) in [5.74, 6) is 1.98. The van der Waals surface area contributed by atoms with Gasteiger partial charge in [0.05, 0.1) is 0 Å². The second kappa shape index (κ2) is 7.63. The normalized spacial score (nSPS) is 19.4. The van der Waals surface area contributed by atoms with E-state index in [0.717, 1.165) is 44.9 Å². The Hall–Kier alpha value is -1.09. The van der Waals surface area contributed by atoms with Gasteiger partial charge >= 0.3 is 0 Å². The molecule has 1 aromatic rings. The summed E-state index contributed by atoms with van der Waals surface area (Å²) in [5, 5.41) is 3.43. The summed E-state index contributed by atoms with van der Waals surface area (Å²) < 4.78 is 0. The highest BCUT2D eigenvalue weighted by Crippen LogP contribution is 2.23. The Bertz CT molecular complexity index is 417. The van der Waals surface area contributed by atoms with Crippen molar-refractivity contribution < 1.29 is 0 Å². The Kier molecular flexibility index (Phi) is 5.84. The van der Waals surface area contributed by atoms with Gasteiger partial charge in [-0.05, 0) is 49.4 Å². The van der Waals surface area contributed by atoms with E-state index in [9.17, 15) is 0 Å². The number of pyridine rings is 1. The number of hydrogen-bond acceptors (Lipinski definition) is 3. The van der Waals surface area contributed by atoms with E-state index in [1.54, 1.807) is 0 Å². The lowest BCUT2D eigenvalue weighted by molar-refractivity contribution is 0.444. The fourth-order valence-electron chi connectivity index (χ4n) is 2.95. The van der Waals surface area contributed by atoms with Crippen LogP contribution in [0.25, 0.3) is 0 Å². The van der Waals surface area contributed by atoms with E-state index >= 15 is 0 Å². The average molecular weight is 275 g/mol. The van der Waals surface area contributed by atoms with Gasteiger partial charge in [0.25, 0.3) is 0 Å². The number of hydrogen-bond donors (Lipinski definition) is 1. The van der Waals surface area contributed by atoms with Gasteiger partial charge in [-0.3, -0.25) is 0 Å². The summed E-state index contributed by atoms with van der Waals surface area (Å²) in [6.07, 6.45) is 4.89. The lowest BCUT2D eigenvalue weighted by Gasteiger charge is -2.32. The van der Waals surface area contributed by atoms with Gasteiger partial charge in [-0.2, -0.15) is 0 Å². The first-order valence-corrected chi connectivity index (χ1v) is 8.18. The molecule has 3 heteroatoms. The number of rotatable bonds is 6. The summed E-state index contributed by atoms with van der Waals surface area (Å²) in [4.78, 5) is 7.36. The van der Waals surface area contributed by atoms with Gasteiger partial charge in [0.1, 0.15) is 5.82 Å². The standard InChI is InChI=1S/C17H29N3/c1-4-7-16-10-15(12-18-5-2)11-17(19-16)20-9-6-8-14(3)13-20/h10-11,14,18H,4-9,12-13H2,1-3H3. The Morgan fingerprint density at radius 3 is 2.90 bits per heavy atom. The zero-order valence-corrected chi connectivity index (χ0v) is 13.3. The summed E-state index contributed by atoms with van der Waals surface area (Å²) in [7, 11) is 0. The minimum Gasteiger partial charge on any atom is -0.356 e. The molecule has 2 rings (SSSR count). The Labute approximate surface area is 123 Å². The third-order valence-electron chi connectivity index (χ3n) is 3.99. The average Bonchev–Trinajstić information content (AvgIpc) is 2.45. The number of nitrogens with zero attached hydrogens (tertiary/aromatic N) is 2. The topological polar surface area (TPSA) is 28.2 Å². The molecule has 20 heavy (non-hydrogen) atoms. The fourth-order valence-corrected chi connectivity index (χ4v) is 2.95. The van der Waals surface area contributed by atoms with Crippen molar-refractivity contribution in [2.45, 2.75) is 53.0 Å². The number of aryl methyl sites for hydroxylation is 1. The number of piperidine rings is 1. The molecule has 0 saturated carbocycles. The van der Waals surface area contributed by atoms with Crippen LogP contribution in [0.15, 0.2) is 12.1 Å². The molecule has 1 unspecified atom stereocenters. The molecule has 1 N–H and O–H groups in total. The molecule has 1 atom stereocenters. The van der Waals surface area contributed by atoms with Crippen molar-refractivity contribution in [1.29, 1.82) is 0 Å². The van der Waals surface area contributed by atoms with Crippen LogP contribution in [0, 0.1) is 5.92 Å². The SMILES string of the molecule is CCCc1cc(CNCC)cc(N2CCCC(C)C2)n1. The lowest BCUT2D eigenvalue weighted by atomic mass is 10.00. The van der Waals surface area contributed by atoms with Crippen LogP contribution in [0.1, 0.15) is 51.3 Å². The Morgan fingerprint density at radius 1 is 1.35 bits per heavy atom. The van der Waals surface area contributed by atoms with Gasteiger partial charge in [-0.15, -0.1) is 0 Å². The van der Waals surface area contributed by atoms with E-state index in [-0.39, 0.29) is 0 Å². The van der Waals surface area contributed by atoms with E-state index in [2.05, 4.69) is 43.1 Å². The van der Waals surface area contributed by atoms with Crippen molar-refractivity contribution in [1.82, 2.24) is 10.3 Å². The molecule has 0 bridgehead atoms. The summed E-state index contributed by atoms with van der Waals surface area (Å²) in [6, 6.07) is 4.54. The molecule has 3 nitrogen and oxygen atoms in total. The summed E-state index contributed by atoms with van der Waals surface area (Å²) in [6.45, 7) is 11.0. The molecule has 0 aromatic carbocycles. The first-order valence-electron chi connectivity index (χ1n) is 8.18. The van der Waals surface area contributed by atoms with Crippen molar-refractivity contribution in [3.63, 3.8) is 0 Å². The molecule has 1 aliphatic rings. The zero-order valence-electron chi connectivity index (χ0n) is 13.3. The quantitative estimate of drug-likeness (QED) is 0.862. The minimum absolute atomic E-state index is 0.789. The molecule has 0 amide bonds.